The Morgan fingerprint density at radius 2 is 2.05 bits per heavy atom. The van der Waals surface area contributed by atoms with Crippen LogP contribution in [0.1, 0.15) is 5.56 Å². The lowest BCUT2D eigenvalue weighted by Gasteiger charge is -2.06. The van der Waals surface area contributed by atoms with Gasteiger partial charge in [0.1, 0.15) is 15.7 Å². The lowest BCUT2D eigenvalue weighted by Crippen LogP contribution is -2.17. The first-order valence-electron chi connectivity index (χ1n) is 5.87. The number of ether oxygens (including phenoxy) is 2. The fraction of sp³-hybridized carbons (Fsp3) is 0.154. The van der Waals surface area contributed by atoms with Gasteiger partial charge in [0.2, 0.25) is 0 Å². The molecule has 0 spiro atoms. The van der Waals surface area contributed by atoms with Gasteiger partial charge in [-0.15, -0.1) is 11.3 Å². The summed E-state index contributed by atoms with van der Waals surface area (Å²) in [5.41, 5.74) is 0.603. The standard InChI is InChI=1S/C13H14N2O4S2/c1-18-11-5-6-12(19-2)10(8-11)9-14-15-21(16,17)13-4-3-7-20-13/h3-9,15H,1-2H3/b14-9+. The number of benzene rings is 1. The van der Waals surface area contributed by atoms with Gasteiger partial charge in [-0.25, -0.2) is 0 Å². The Balaban J connectivity index is 2.18. The number of nitrogens with one attached hydrogen (secondary N) is 1. The average molecular weight is 326 g/mol. The van der Waals surface area contributed by atoms with Gasteiger partial charge >= 0.3 is 0 Å². The first-order chi connectivity index (χ1) is 10.1. The van der Waals surface area contributed by atoms with Gasteiger partial charge in [-0.1, -0.05) is 6.07 Å². The maximum Gasteiger partial charge on any atom is 0.286 e. The topological polar surface area (TPSA) is 77.0 Å². The Hall–Kier alpha value is -2.06. The maximum absolute atomic E-state index is 11.9. The van der Waals surface area contributed by atoms with E-state index in [0.29, 0.717) is 17.1 Å². The SMILES string of the molecule is COc1ccc(OC)c(/C=N/NS(=O)(=O)c2cccs2)c1. The number of nitrogens with zero attached hydrogens (tertiary/aromatic N) is 1. The molecular weight excluding hydrogens is 312 g/mol. The second kappa shape index (κ2) is 6.59. The molecule has 2 aromatic rings. The summed E-state index contributed by atoms with van der Waals surface area (Å²) in [7, 11) is -0.557. The van der Waals surface area contributed by atoms with Crippen molar-refractivity contribution in [1.82, 2.24) is 4.83 Å². The molecule has 0 unspecified atom stereocenters. The Morgan fingerprint density at radius 1 is 1.24 bits per heavy atom. The van der Waals surface area contributed by atoms with E-state index in [9.17, 15) is 8.42 Å². The summed E-state index contributed by atoms with van der Waals surface area (Å²) in [5.74, 6) is 1.19. The van der Waals surface area contributed by atoms with Crippen molar-refractivity contribution in [3.05, 3.63) is 41.3 Å². The monoisotopic (exact) mass is 326 g/mol. The highest BCUT2D eigenvalue weighted by Gasteiger charge is 2.13. The fourth-order valence-electron chi connectivity index (χ4n) is 1.57. The molecule has 0 amide bonds. The Kier molecular flexibility index (Phi) is 4.81. The Bertz CT molecular complexity index is 725. The van der Waals surface area contributed by atoms with Crippen LogP contribution < -0.4 is 14.3 Å². The van der Waals surface area contributed by atoms with Crippen LogP contribution in [0.4, 0.5) is 0 Å². The van der Waals surface area contributed by atoms with E-state index in [1.54, 1.807) is 36.8 Å². The fourth-order valence-corrected chi connectivity index (χ4v) is 3.34. The molecule has 6 nitrogen and oxygen atoms in total. The molecule has 0 saturated heterocycles. The highest BCUT2D eigenvalue weighted by molar-refractivity contribution is 7.91. The van der Waals surface area contributed by atoms with Crippen LogP contribution in [0.15, 0.2) is 45.0 Å². The summed E-state index contributed by atoms with van der Waals surface area (Å²) in [4.78, 5) is 2.15. The molecule has 1 heterocycles. The molecule has 1 aromatic heterocycles. The third kappa shape index (κ3) is 3.73. The average Bonchev–Trinajstić information content (AvgIpc) is 3.02. The van der Waals surface area contributed by atoms with Crippen LogP contribution in [0.25, 0.3) is 0 Å². The van der Waals surface area contributed by atoms with Crippen molar-refractivity contribution < 1.29 is 17.9 Å². The number of sulfonamides is 1. The van der Waals surface area contributed by atoms with E-state index in [0.717, 1.165) is 11.3 Å². The second-order valence-corrected chi connectivity index (χ2v) is 6.73. The third-order valence-electron chi connectivity index (χ3n) is 2.57. The van der Waals surface area contributed by atoms with Gasteiger partial charge in [-0.3, -0.25) is 0 Å². The van der Waals surface area contributed by atoms with Crippen LogP contribution >= 0.6 is 11.3 Å². The first-order valence-corrected chi connectivity index (χ1v) is 8.23. The van der Waals surface area contributed by atoms with Crippen LogP contribution in [0.3, 0.4) is 0 Å². The highest BCUT2D eigenvalue weighted by atomic mass is 32.2. The summed E-state index contributed by atoms with van der Waals surface area (Å²) < 4.78 is 34.3. The third-order valence-corrected chi connectivity index (χ3v) is 5.19. The molecule has 8 heteroatoms. The molecule has 1 aromatic carbocycles. The van der Waals surface area contributed by atoms with Crippen LogP contribution in [0.2, 0.25) is 0 Å². The number of hydrogen-bond acceptors (Lipinski definition) is 6. The first kappa shape index (κ1) is 15.3. The van der Waals surface area contributed by atoms with Crippen molar-refractivity contribution in [2.45, 2.75) is 4.21 Å². The molecule has 0 bridgehead atoms. The second-order valence-electron chi connectivity index (χ2n) is 3.89. The van der Waals surface area contributed by atoms with Crippen LogP contribution in [0.5, 0.6) is 11.5 Å². The Morgan fingerprint density at radius 3 is 2.67 bits per heavy atom. The zero-order valence-electron chi connectivity index (χ0n) is 11.4. The molecule has 1 N–H and O–H groups in total. The lowest BCUT2D eigenvalue weighted by atomic mass is 10.2. The van der Waals surface area contributed by atoms with Crippen molar-refractivity contribution in [3.63, 3.8) is 0 Å². The summed E-state index contributed by atoms with van der Waals surface area (Å²) in [5, 5.41) is 5.45. The minimum Gasteiger partial charge on any atom is -0.497 e. The largest absolute Gasteiger partial charge is 0.497 e. The summed E-state index contributed by atoms with van der Waals surface area (Å²) in [6, 6.07) is 8.32. The van der Waals surface area contributed by atoms with Crippen molar-refractivity contribution >= 4 is 27.6 Å². The molecule has 0 aliphatic carbocycles. The molecular formula is C13H14N2O4S2. The van der Waals surface area contributed by atoms with Crippen molar-refractivity contribution in [2.75, 3.05) is 14.2 Å². The molecule has 0 aliphatic heterocycles. The number of methoxy groups -OCH3 is 2. The van der Waals surface area contributed by atoms with Crippen molar-refractivity contribution in [1.29, 1.82) is 0 Å². The summed E-state index contributed by atoms with van der Waals surface area (Å²) in [6.07, 6.45) is 1.37. The maximum atomic E-state index is 11.9. The summed E-state index contributed by atoms with van der Waals surface area (Å²) in [6.45, 7) is 0. The lowest BCUT2D eigenvalue weighted by molar-refractivity contribution is 0.402. The molecule has 112 valence electrons. The van der Waals surface area contributed by atoms with Gasteiger partial charge in [-0.05, 0) is 29.6 Å². The molecule has 0 atom stereocenters. The Labute approximate surface area is 127 Å². The van der Waals surface area contributed by atoms with E-state index < -0.39 is 10.0 Å². The van der Waals surface area contributed by atoms with E-state index >= 15 is 0 Å². The van der Waals surface area contributed by atoms with E-state index in [1.807, 2.05) is 0 Å². The number of thiophene rings is 1. The van der Waals surface area contributed by atoms with Gasteiger partial charge in [0, 0.05) is 5.56 Å². The quantitative estimate of drug-likeness (QED) is 0.651. The van der Waals surface area contributed by atoms with Gasteiger partial charge in [0.25, 0.3) is 10.0 Å². The smallest absolute Gasteiger partial charge is 0.286 e. The molecule has 21 heavy (non-hydrogen) atoms. The van der Waals surface area contributed by atoms with Crippen molar-refractivity contribution in [3.8, 4) is 11.5 Å². The zero-order valence-corrected chi connectivity index (χ0v) is 13.1. The van der Waals surface area contributed by atoms with Crippen LogP contribution in [-0.4, -0.2) is 28.9 Å². The van der Waals surface area contributed by atoms with E-state index in [1.165, 1.54) is 19.4 Å². The van der Waals surface area contributed by atoms with E-state index in [2.05, 4.69) is 9.93 Å². The predicted molar refractivity (Wildman–Crippen MR) is 81.8 cm³/mol. The molecule has 0 fully saturated rings. The number of hydrogen-bond donors (Lipinski definition) is 1. The van der Waals surface area contributed by atoms with Crippen LogP contribution in [0, 0.1) is 0 Å². The minimum atomic E-state index is -3.62. The van der Waals surface area contributed by atoms with Gasteiger partial charge < -0.3 is 9.47 Å². The highest BCUT2D eigenvalue weighted by Crippen LogP contribution is 2.22. The van der Waals surface area contributed by atoms with E-state index in [4.69, 9.17) is 9.47 Å². The molecule has 0 saturated carbocycles. The van der Waals surface area contributed by atoms with Crippen LogP contribution in [-0.2, 0) is 10.0 Å². The molecule has 0 radical (unpaired) electrons. The predicted octanol–water partition coefficient (Wildman–Crippen LogP) is 2.08. The van der Waals surface area contributed by atoms with Gasteiger partial charge in [0.15, 0.2) is 0 Å². The molecule has 0 aliphatic rings. The van der Waals surface area contributed by atoms with E-state index in [-0.39, 0.29) is 4.21 Å². The van der Waals surface area contributed by atoms with Gasteiger partial charge in [-0.2, -0.15) is 18.4 Å². The zero-order chi connectivity index (χ0) is 15.3. The molecule has 2 rings (SSSR count). The minimum absolute atomic E-state index is 0.206. The van der Waals surface area contributed by atoms with Gasteiger partial charge in [0.05, 0.1) is 20.4 Å². The van der Waals surface area contributed by atoms with Crippen molar-refractivity contribution in [2.24, 2.45) is 5.10 Å². The number of hydrazone groups is 1. The normalized spacial score (nSPS) is 11.5. The summed E-state index contributed by atoms with van der Waals surface area (Å²) >= 11 is 1.12. The number of rotatable bonds is 6.